The van der Waals surface area contributed by atoms with Crippen molar-refractivity contribution in [2.75, 3.05) is 18.4 Å². The smallest absolute Gasteiger partial charge is 0.268 e. The van der Waals surface area contributed by atoms with E-state index in [1.54, 1.807) is 12.3 Å². The maximum Gasteiger partial charge on any atom is 0.268 e. The number of carbonyl (C=O) groups excluding carboxylic acids is 2. The Labute approximate surface area is 211 Å². The Bertz CT molecular complexity index is 1460. The summed E-state index contributed by atoms with van der Waals surface area (Å²) in [4.78, 5) is 37.2. The van der Waals surface area contributed by atoms with Crippen LogP contribution in [-0.2, 0) is 11.4 Å². The van der Waals surface area contributed by atoms with Gasteiger partial charge in [0.1, 0.15) is 0 Å². The van der Waals surface area contributed by atoms with Gasteiger partial charge in [0, 0.05) is 19.1 Å². The Balaban J connectivity index is 1.28. The van der Waals surface area contributed by atoms with Gasteiger partial charge in [0.15, 0.2) is 12.2 Å². The topological polar surface area (TPSA) is 113 Å². The highest BCUT2D eigenvalue weighted by Crippen LogP contribution is 2.55. The molecule has 2 fully saturated rings. The maximum absolute atomic E-state index is 13.2. The number of aliphatic hydroxyl groups is 1. The second-order valence-electron chi connectivity index (χ2n) is 9.55. The minimum Gasteiger partial charge on any atom is -0.443 e. The number of aromatic nitrogens is 3. The molecule has 36 heavy (non-hydrogen) atoms. The van der Waals surface area contributed by atoms with Crippen molar-refractivity contribution in [3.05, 3.63) is 66.0 Å². The Morgan fingerprint density at radius 2 is 2.17 bits per heavy atom. The summed E-state index contributed by atoms with van der Waals surface area (Å²) in [5, 5.41) is 12.7. The molecule has 6 rings (SSSR count). The van der Waals surface area contributed by atoms with Crippen molar-refractivity contribution in [1.82, 2.24) is 19.4 Å². The third kappa shape index (κ3) is 3.82. The molecule has 1 saturated heterocycles. The molecule has 3 aromatic heterocycles. The van der Waals surface area contributed by atoms with Gasteiger partial charge in [-0.3, -0.25) is 14.9 Å². The lowest BCUT2D eigenvalue weighted by Crippen LogP contribution is -2.42. The number of rotatable bonds is 6. The molecular weight excluding hydrogens is 478 g/mol. The number of likely N-dealkylation sites (tertiary alicyclic amines) is 1. The molecule has 2 amide bonds. The van der Waals surface area contributed by atoms with E-state index in [1.807, 2.05) is 29.2 Å². The van der Waals surface area contributed by atoms with Crippen LogP contribution >= 0.6 is 11.3 Å². The lowest BCUT2D eigenvalue weighted by atomic mass is 9.64. The van der Waals surface area contributed by atoms with Crippen LogP contribution in [0.1, 0.15) is 40.5 Å². The van der Waals surface area contributed by atoms with Crippen molar-refractivity contribution >= 4 is 40.1 Å². The number of thiophene rings is 1. The van der Waals surface area contributed by atoms with E-state index in [4.69, 9.17) is 9.40 Å². The summed E-state index contributed by atoms with van der Waals surface area (Å²) in [6.45, 7) is 5.01. The fraction of sp³-hybridized carbons (Fsp3) is 0.308. The molecule has 9 nitrogen and oxygen atoms in total. The maximum atomic E-state index is 13.2. The highest BCUT2D eigenvalue weighted by atomic mass is 32.1. The van der Waals surface area contributed by atoms with Crippen LogP contribution in [0.2, 0.25) is 0 Å². The second-order valence-corrected chi connectivity index (χ2v) is 10.6. The normalized spacial score (nSPS) is 21.1. The van der Waals surface area contributed by atoms with Gasteiger partial charge in [-0.15, -0.1) is 11.3 Å². The molecule has 10 heteroatoms. The Morgan fingerprint density at radius 1 is 1.31 bits per heavy atom. The number of carbonyl (C=O) groups is 2. The minimum atomic E-state index is -0.248. The molecule has 0 unspecified atom stereocenters. The molecule has 1 aromatic carbocycles. The van der Waals surface area contributed by atoms with Crippen molar-refractivity contribution in [1.29, 1.82) is 0 Å². The predicted molar refractivity (Wildman–Crippen MR) is 136 cm³/mol. The first-order valence-corrected chi connectivity index (χ1v) is 12.6. The number of hydrogen-bond acceptors (Lipinski definition) is 7. The first kappa shape index (κ1) is 22.7. The van der Waals surface area contributed by atoms with E-state index in [2.05, 4.69) is 21.4 Å². The van der Waals surface area contributed by atoms with Crippen molar-refractivity contribution < 1.29 is 19.1 Å². The van der Waals surface area contributed by atoms with Gasteiger partial charge in [0.25, 0.3) is 5.91 Å². The van der Waals surface area contributed by atoms with Gasteiger partial charge < -0.3 is 19.0 Å². The standard InChI is InChI=1S/C26H25N5O4S/c1-2-23(33)30-8-7-26(14-30)10-17(11-26)31-19-9-16(13-32)3-4-18(19)28-25(31)29-24(34)22-6-5-21(36-22)20-12-27-15-35-20/h2-6,9,12,15,17,32H,1,7-8,10-11,13-14H2,(H,28,29,34)/t17-,26-. The molecular formula is C26H25N5O4S. The predicted octanol–water partition coefficient (Wildman–Crippen LogP) is 4.24. The van der Waals surface area contributed by atoms with Gasteiger partial charge in [0.05, 0.1) is 33.6 Å². The lowest BCUT2D eigenvalue weighted by molar-refractivity contribution is -0.125. The number of anilines is 1. The summed E-state index contributed by atoms with van der Waals surface area (Å²) in [7, 11) is 0. The zero-order chi connectivity index (χ0) is 24.9. The Kier molecular flexibility index (Phi) is 5.50. The van der Waals surface area contributed by atoms with E-state index in [0.717, 1.165) is 53.8 Å². The molecule has 4 heterocycles. The lowest BCUT2D eigenvalue weighted by Gasteiger charge is -2.46. The van der Waals surface area contributed by atoms with Crippen LogP contribution in [0.15, 0.2) is 60.0 Å². The molecule has 1 saturated carbocycles. The van der Waals surface area contributed by atoms with Crippen molar-refractivity contribution in [2.45, 2.75) is 31.9 Å². The van der Waals surface area contributed by atoms with Gasteiger partial charge in [-0.25, -0.2) is 9.97 Å². The first-order valence-electron chi connectivity index (χ1n) is 11.8. The molecule has 2 aliphatic rings. The van der Waals surface area contributed by atoms with Gasteiger partial charge in [-0.1, -0.05) is 12.6 Å². The number of imidazole rings is 1. The molecule has 1 aliphatic heterocycles. The fourth-order valence-corrected chi connectivity index (χ4v) is 6.35. The number of aliphatic hydroxyl groups excluding tert-OH is 1. The molecule has 1 spiro atoms. The fourth-order valence-electron chi connectivity index (χ4n) is 5.50. The average molecular weight is 504 g/mol. The van der Waals surface area contributed by atoms with E-state index < -0.39 is 0 Å². The highest BCUT2D eigenvalue weighted by molar-refractivity contribution is 7.17. The summed E-state index contributed by atoms with van der Waals surface area (Å²) in [5.74, 6) is 0.826. The number of nitrogens with zero attached hydrogens (tertiary/aromatic N) is 4. The van der Waals surface area contributed by atoms with Gasteiger partial charge in [0.2, 0.25) is 11.9 Å². The zero-order valence-corrected chi connectivity index (χ0v) is 20.3. The summed E-state index contributed by atoms with van der Waals surface area (Å²) in [5.41, 5.74) is 2.50. The second kappa shape index (κ2) is 8.72. The first-order chi connectivity index (χ1) is 17.5. The molecule has 1 aliphatic carbocycles. The monoisotopic (exact) mass is 503 g/mol. The van der Waals surface area contributed by atoms with Crippen molar-refractivity contribution in [3.8, 4) is 10.6 Å². The molecule has 4 aromatic rings. The number of oxazole rings is 1. The number of fused-ring (bicyclic) bond motifs is 1. The van der Waals surface area contributed by atoms with Crippen LogP contribution in [-0.4, -0.2) is 49.4 Å². The largest absolute Gasteiger partial charge is 0.443 e. The third-order valence-corrected chi connectivity index (χ3v) is 8.39. The molecule has 0 radical (unpaired) electrons. The number of hydrogen-bond donors (Lipinski definition) is 2. The van der Waals surface area contributed by atoms with Gasteiger partial charge in [-0.2, -0.15) is 0 Å². The molecule has 2 N–H and O–H groups in total. The van der Waals surface area contributed by atoms with Gasteiger partial charge >= 0.3 is 0 Å². The minimum absolute atomic E-state index is 0.0235. The Hall–Kier alpha value is -3.76. The average Bonchev–Trinajstić information content (AvgIpc) is 3.66. The van der Waals surface area contributed by atoms with E-state index in [0.29, 0.717) is 16.6 Å². The number of nitrogens with one attached hydrogen (secondary N) is 1. The van der Waals surface area contributed by atoms with Crippen LogP contribution < -0.4 is 5.32 Å². The van der Waals surface area contributed by atoms with Crippen LogP contribution in [0.25, 0.3) is 21.7 Å². The molecule has 184 valence electrons. The van der Waals surface area contributed by atoms with Crippen LogP contribution in [0.4, 0.5) is 5.95 Å². The SMILES string of the molecule is C=CC(=O)N1CC[C@]2(C1)C[C@H](n1c(NC(=O)c3ccc(-c4cnco4)s3)nc3ccc(CO)cc31)C2. The highest BCUT2D eigenvalue weighted by Gasteiger charge is 2.50. The summed E-state index contributed by atoms with van der Waals surface area (Å²) in [6, 6.07) is 9.37. The molecule has 0 bridgehead atoms. The third-order valence-electron chi connectivity index (χ3n) is 7.29. The van der Waals surface area contributed by atoms with E-state index in [-0.39, 0.29) is 29.9 Å². The quantitative estimate of drug-likeness (QED) is 0.381. The summed E-state index contributed by atoms with van der Waals surface area (Å²) < 4.78 is 7.43. The van der Waals surface area contributed by atoms with E-state index in [9.17, 15) is 14.7 Å². The Morgan fingerprint density at radius 3 is 2.92 bits per heavy atom. The van der Waals surface area contributed by atoms with E-state index in [1.165, 1.54) is 23.8 Å². The van der Waals surface area contributed by atoms with Crippen LogP contribution in [0, 0.1) is 5.41 Å². The van der Waals surface area contributed by atoms with Crippen LogP contribution in [0.5, 0.6) is 0 Å². The van der Waals surface area contributed by atoms with Crippen molar-refractivity contribution in [2.24, 2.45) is 5.41 Å². The van der Waals surface area contributed by atoms with Gasteiger partial charge in [-0.05, 0) is 60.6 Å². The summed E-state index contributed by atoms with van der Waals surface area (Å²) >= 11 is 1.32. The van der Waals surface area contributed by atoms with Crippen molar-refractivity contribution in [3.63, 3.8) is 0 Å². The number of amides is 2. The van der Waals surface area contributed by atoms with E-state index >= 15 is 0 Å². The van der Waals surface area contributed by atoms with Crippen LogP contribution in [0.3, 0.4) is 0 Å². The number of benzene rings is 1. The molecule has 0 atom stereocenters. The summed E-state index contributed by atoms with van der Waals surface area (Å²) in [6.07, 6.45) is 7.09. The zero-order valence-electron chi connectivity index (χ0n) is 19.5.